The molecule has 0 fully saturated rings. The van der Waals surface area contributed by atoms with Crippen LogP contribution in [0.3, 0.4) is 0 Å². The number of fused-ring (bicyclic) bond motifs is 1. The molecule has 2 aromatic rings. The van der Waals surface area contributed by atoms with Gasteiger partial charge in [-0.1, -0.05) is 0 Å². The Morgan fingerprint density at radius 1 is 1.33 bits per heavy atom. The van der Waals surface area contributed by atoms with Crippen LogP contribution in [0.25, 0.3) is 11.1 Å². The van der Waals surface area contributed by atoms with Gasteiger partial charge in [0, 0.05) is 12.0 Å². The third-order valence-corrected chi connectivity index (χ3v) is 2.53. The van der Waals surface area contributed by atoms with Crippen LogP contribution in [0.15, 0.2) is 27.4 Å². The van der Waals surface area contributed by atoms with Gasteiger partial charge in [-0.3, -0.25) is 14.6 Å². The normalized spacial score (nSPS) is 10.5. The first-order valence-corrected chi connectivity index (χ1v) is 5.33. The lowest BCUT2D eigenvalue weighted by Gasteiger charge is -2.00. The number of aromatic amines is 1. The zero-order chi connectivity index (χ0) is 13.1. The van der Waals surface area contributed by atoms with Gasteiger partial charge in [0.1, 0.15) is 0 Å². The van der Waals surface area contributed by atoms with Gasteiger partial charge in [0.2, 0.25) is 0 Å². The minimum absolute atomic E-state index is 0.0322. The molecule has 0 spiro atoms. The SMILES string of the molecule is COC(=O)CCC(=O)c1ccc2[nH]c(=O)oc2c1. The van der Waals surface area contributed by atoms with E-state index in [1.807, 2.05) is 0 Å². The van der Waals surface area contributed by atoms with E-state index in [0.717, 1.165) is 0 Å². The van der Waals surface area contributed by atoms with E-state index in [-0.39, 0.29) is 18.6 Å². The molecule has 1 heterocycles. The molecule has 0 aliphatic carbocycles. The van der Waals surface area contributed by atoms with Crippen molar-refractivity contribution in [2.75, 3.05) is 7.11 Å². The fourth-order valence-electron chi connectivity index (χ4n) is 1.58. The fraction of sp³-hybridized carbons (Fsp3) is 0.250. The Hall–Kier alpha value is -2.37. The maximum Gasteiger partial charge on any atom is 0.417 e. The summed E-state index contributed by atoms with van der Waals surface area (Å²) in [6.45, 7) is 0. The van der Waals surface area contributed by atoms with Gasteiger partial charge in [-0.15, -0.1) is 0 Å². The largest absolute Gasteiger partial charge is 0.469 e. The summed E-state index contributed by atoms with van der Waals surface area (Å²) in [7, 11) is 1.27. The fourth-order valence-corrected chi connectivity index (χ4v) is 1.58. The minimum Gasteiger partial charge on any atom is -0.469 e. The highest BCUT2D eigenvalue weighted by molar-refractivity contribution is 5.99. The predicted molar refractivity (Wildman–Crippen MR) is 62.4 cm³/mol. The van der Waals surface area contributed by atoms with Gasteiger partial charge >= 0.3 is 11.7 Å². The lowest BCUT2D eigenvalue weighted by molar-refractivity contribution is -0.140. The third-order valence-electron chi connectivity index (χ3n) is 2.53. The molecule has 6 heteroatoms. The molecule has 1 aromatic heterocycles. The average Bonchev–Trinajstić information content (AvgIpc) is 2.74. The Labute approximate surface area is 102 Å². The van der Waals surface area contributed by atoms with Crippen LogP contribution in [0, 0.1) is 0 Å². The Morgan fingerprint density at radius 3 is 2.83 bits per heavy atom. The zero-order valence-electron chi connectivity index (χ0n) is 9.69. The van der Waals surface area contributed by atoms with Crippen molar-refractivity contribution in [2.24, 2.45) is 0 Å². The molecule has 94 valence electrons. The molecule has 0 saturated heterocycles. The molecule has 0 saturated carbocycles. The highest BCUT2D eigenvalue weighted by Crippen LogP contribution is 2.14. The van der Waals surface area contributed by atoms with Crippen LogP contribution >= 0.6 is 0 Å². The number of carbonyl (C=O) groups is 2. The Morgan fingerprint density at radius 2 is 2.11 bits per heavy atom. The molecule has 1 N–H and O–H groups in total. The molecule has 6 nitrogen and oxygen atoms in total. The first kappa shape index (κ1) is 12.1. The molecule has 2 rings (SSSR count). The molecular formula is C12H11NO5. The van der Waals surface area contributed by atoms with Crippen LogP contribution in [-0.4, -0.2) is 23.8 Å². The number of nitrogens with one attached hydrogen (secondary N) is 1. The smallest absolute Gasteiger partial charge is 0.417 e. The molecule has 0 amide bonds. The van der Waals surface area contributed by atoms with E-state index < -0.39 is 11.7 Å². The van der Waals surface area contributed by atoms with E-state index in [9.17, 15) is 14.4 Å². The van der Waals surface area contributed by atoms with Gasteiger partial charge in [0.15, 0.2) is 11.4 Å². The Bertz CT molecular complexity index is 652. The minimum atomic E-state index is -0.566. The number of carbonyl (C=O) groups excluding carboxylic acids is 2. The van der Waals surface area contributed by atoms with E-state index >= 15 is 0 Å². The number of oxazole rings is 1. The summed E-state index contributed by atoms with van der Waals surface area (Å²) in [5, 5.41) is 0. The van der Waals surface area contributed by atoms with E-state index in [4.69, 9.17) is 4.42 Å². The molecule has 1 aromatic carbocycles. The Balaban J connectivity index is 2.17. The van der Waals surface area contributed by atoms with Crippen LogP contribution in [0.2, 0.25) is 0 Å². The summed E-state index contributed by atoms with van der Waals surface area (Å²) < 4.78 is 9.30. The highest BCUT2D eigenvalue weighted by atomic mass is 16.5. The van der Waals surface area contributed by atoms with Crippen LogP contribution in [-0.2, 0) is 9.53 Å². The molecule has 0 aliphatic rings. The van der Waals surface area contributed by atoms with Crippen LogP contribution in [0.4, 0.5) is 0 Å². The van der Waals surface area contributed by atoms with Gasteiger partial charge in [-0.05, 0) is 18.2 Å². The number of hydrogen-bond donors (Lipinski definition) is 1. The highest BCUT2D eigenvalue weighted by Gasteiger charge is 2.11. The number of Topliss-reactive ketones (excluding diaryl/α,β-unsaturated/α-hetero) is 1. The second-order valence-electron chi connectivity index (χ2n) is 3.72. The molecule has 0 atom stereocenters. The molecule has 0 aliphatic heterocycles. The van der Waals surface area contributed by atoms with Crippen molar-refractivity contribution in [3.63, 3.8) is 0 Å². The number of aromatic nitrogens is 1. The van der Waals surface area contributed by atoms with Gasteiger partial charge in [-0.2, -0.15) is 0 Å². The quantitative estimate of drug-likeness (QED) is 0.650. The Kier molecular flexibility index (Phi) is 3.27. The van der Waals surface area contributed by atoms with E-state index in [1.165, 1.54) is 13.2 Å². The third kappa shape index (κ3) is 2.48. The van der Waals surface area contributed by atoms with Gasteiger partial charge < -0.3 is 9.15 Å². The van der Waals surface area contributed by atoms with E-state index in [2.05, 4.69) is 9.72 Å². The maximum absolute atomic E-state index is 11.8. The molecule has 18 heavy (non-hydrogen) atoms. The number of hydrogen-bond acceptors (Lipinski definition) is 5. The van der Waals surface area contributed by atoms with Crippen molar-refractivity contribution in [1.29, 1.82) is 0 Å². The number of ketones is 1. The summed E-state index contributed by atoms with van der Waals surface area (Å²) >= 11 is 0. The van der Waals surface area contributed by atoms with Crippen LogP contribution in [0.5, 0.6) is 0 Å². The number of benzene rings is 1. The number of esters is 1. The molecular weight excluding hydrogens is 238 g/mol. The lowest BCUT2D eigenvalue weighted by Crippen LogP contribution is -2.05. The summed E-state index contributed by atoms with van der Waals surface area (Å²) in [6.07, 6.45) is 0.0945. The van der Waals surface area contributed by atoms with Crippen molar-refractivity contribution < 1.29 is 18.7 Å². The number of H-pyrrole nitrogens is 1. The van der Waals surface area contributed by atoms with Crippen molar-refractivity contribution in [2.45, 2.75) is 12.8 Å². The van der Waals surface area contributed by atoms with E-state index in [1.54, 1.807) is 12.1 Å². The first-order chi connectivity index (χ1) is 8.60. The molecule has 0 bridgehead atoms. The van der Waals surface area contributed by atoms with Crippen molar-refractivity contribution in [3.8, 4) is 0 Å². The first-order valence-electron chi connectivity index (χ1n) is 5.33. The van der Waals surface area contributed by atoms with Crippen LogP contribution < -0.4 is 5.76 Å². The van der Waals surface area contributed by atoms with Crippen LogP contribution in [0.1, 0.15) is 23.2 Å². The van der Waals surface area contributed by atoms with Crippen molar-refractivity contribution in [1.82, 2.24) is 4.98 Å². The predicted octanol–water partition coefficient (Wildman–Crippen LogP) is 1.26. The second kappa shape index (κ2) is 4.87. The van der Waals surface area contributed by atoms with Crippen molar-refractivity contribution in [3.05, 3.63) is 34.3 Å². The lowest BCUT2D eigenvalue weighted by atomic mass is 10.1. The molecule has 0 unspecified atom stereocenters. The average molecular weight is 249 g/mol. The van der Waals surface area contributed by atoms with Crippen molar-refractivity contribution >= 4 is 22.9 Å². The van der Waals surface area contributed by atoms with E-state index in [0.29, 0.717) is 16.7 Å². The summed E-state index contributed by atoms with van der Waals surface area (Å²) in [5.74, 6) is -1.20. The zero-order valence-corrected chi connectivity index (χ0v) is 9.69. The molecule has 0 radical (unpaired) electrons. The second-order valence-corrected chi connectivity index (χ2v) is 3.72. The maximum atomic E-state index is 11.8. The summed E-state index contributed by atoms with van der Waals surface area (Å²) in [6, 6.07) is 4.64. The van der Waals surface area contributed by atoms with Gasteiger partial charge in [-0.25, -0.2) is 4.79 Å². The number of ether oxygens (including phenoxy) is 1. The summed E-state index contributed by atoms with van der Waals surface area (Å²) in [5.41, 5.74) is 1.25. The topological polar surface area (TPSA) is 89.4 Å². The standard InChI is InChI=1S/C12H11NO5/c1-17-11(15)5-4-9(14)7-2-3-8-10(6-7)18-12(16)13-8/h2-3,6H,4-5H2,1H3,(H,13,16). The number of methoxy groups -OCH3 is 1. The van der Waals surface area contributed by atoms with Gasteiger partial charge in [0.25, 0.3) is 0 Å². The van der Waals surface area contributed by atoms with Gasteiger partial charge in [0.05, 0.1) is 19.0 Å². The summed E-state index contributed by atoms with van der Waals surface area (Å²) in [4.78, 5) is 36.1. The number of rotatable bonds is 4. The monoisotopic (exact) mass is 249 g/mol.